The van der Waals surface area contributed by atoms with Gasteiger partial charge in [0.2, 0.25) is 0 Å². The van der Waals surface area contributed by atoms with Crippen molar-refractivity contribution in [1.29, 1.82) is 0 Å². The lowest BCUT2D eigenvalue weighted by Crippen LogP contribution is -2.25. The minimum Gasteiger partial charge on any atom is -0.426 e. The standard InChI is InChI=1S/C4H8BClO2/c1-2-3-4(6)5(7)8/h2,4,7-8H,1,3H2. The molecule has 0 saturated carbocycles. The second-order valence-electron chi connectivity index (χ2n) is 1.45. The average Bonchev–Trinajstić information content (AvgIpc) is 1.67. The molecular formula is C4H8BClO2. The number of alkyl halides is 1. The maximum atomic E-state index is 8.33. The molecule has 0 saturated heterocycles. The normalized spacial score (nSPS) is 12.9. The van der Waals surface area contributed by atoms with Crippen molar-refractivity contribution < 1.29 is 10.0 Å². The van der Waals surface area contributed by atoms with Crippen LogP contribution >= 0.6 is 11.6 Å². The van der Waals surface area contributed by atoms with Gasteiger partial charge in [0.05, 0.1) is 5.28 Å². The molecule has 1 unspecified atom stereocenters. The van der Waals surface area contributed by atoms with Gasteiger partial charge >= 0.3 is 7.12 Å². The topological polar surface area (TPSA) is 40.5 Å². The fraction of sp³-hybridized carbons (Fsp3) is 0.500. The van der Waals surface area contributed by atoms with Crippen molar-refractivity contribution in [1.82, 2.24) is 0 Å². The van der Waals surface area contributed by atoms with Crippen molar-refractivity contribution in [2.45, 2.75) is 11.7 Å². The Labute approximate surface area is 53.9 Å². The third kappa shape index (κ3) is 3.07. The zero-order valence-electron chi connectivity index (χ0n) is 4.42. The lowest BCUT2D eigenvalue weighted by molar-refractivity contribution is 0.401. The molecule has 8 heavy (non-hydrogen) atoms. The van der Waals surface area contributed by atoms with E-state index in [0.717, 1.165) is 0 Å². The van der Waals surface area contributed by atoms with Gasteiger partial charge in [-0.15, -0.1) is 18.2 Å². The molecule has 0 spiro atoms. The smallest absolute Gasteiger partial charge is 0.426 e. The Morgan fingerprint density at radius 2 is 2.25 bits per heavy atom. The molecule has 0 aromatic heterocycles. The van der Waals surface area contributed by atoms with Crippen LogP contribution in [0.2, 0.25) is 0 Å². The Kier molecular flexibility index (Phi) is 3.96. The molecule has 46 valence electrons. The Balaban J connectivity index is 3.30. The molecule has 0 aromatic carbocycles. The SMILES string of the molecule is C=CCC(Cl)B(O)O. The summed E-state index contributed by atoms with van der Waals surface area (Å²) in [5.41, 5.74) is 0. The predicted molar refractivity (Wildman–Crippen MR) is 34.6 cm³/mol. The van der Waals surface area contributed by atoms with Crippen LogP contribution in [0, 0.1) is 0 Å². The highest BCUT2D eigenvalue weighted by molar-refractivity contribution is 6.57. The third-order valence-electron chi connectivity index (χ3n) is 0.715. The first kappa shape index (κ1) is 8.01. The van der Waals surface area contributed by atoms with Gasteiger partial charge in [-0.25, -0.2) is 0 Å². The Morgan fingerprint density at radius 3 is 2.38 bits per heavy atom. The number of allylic oxidation sites excluding steroid dienone is 1. The van der Waals surface area contributed by atoms with Crippen LogP contribution in [-0.2, 0) is 0 Å². The van der Waals surface area contributed by atoms with Crippen LogP contribution in [0.5, 0.6) is 0 Å². The summed E-state index contributed by atoms with van der Waals surface area (Å²) in [4.78, 5) is 0. The maximum Gasteiger partial charge on any atom is 0.470 e. The van der Waals surface area contributed by atoms with Crippen molar-refractivity contribution in [2.75, 3.05) is 0 Å². The molecule has 0 amide bonds. The van der Waals surface area contributed by atoms with Gasteiger partial charge in [-0.05, 0) is 6.42 Å². The monoisotopic (exact) mass is 134 g/mol. The van der Waals surface area contributed by atoms with E-state index in [1.807, 2.05) is 0 Å². The average molecular weight is 134 g/mol. The van der Waals surface area contributed by atoms with Gasteiger partial charge in [0.1, 0.15) is 0 Å². The number of hydrogen-bond donors (Lipinski definition) is 2. The Bertz CT molecular complexity index is 76.4. The van der Waals surface area contributed by atoms with E-state index in [4.69, 9.17) is 21.6 Å². The molecule has 0 radical (unpaired) electrons. The Morgan fingerprint density at radius 1 is 1.75 bits per heavy atom. The summed E-state index contributed by atoms with van der Waals surface area (Å²) < 4.78 is 0. The Hall–Kier alpha value is 0.0149. The molecule has 2 nitrogen and oxygen atoms in total. The molecule has 0 bridgehead atoms. The number of halogens is 1. The molecule has 0 aliphatic rings. The van der Waals surface area contributed by atoms with Gasteiger partial charge in [-0.2, -0.15) is 0 Å². The van der Waals surface area contributed by atoms with Crippen LogP contribution in [0.4, 0.5) is 0 Å². The summed E-state index contributed by atoms with van der Waals surface area (Å²) in [5.74, 6) is 0. The van der Waals surface area contributed by atoms with Gasteiger partial charge < -0.3 is 10.0 Å². The van der Waals surface area contributed by atoms with Crippen LogP contribution in [0.1, 0.15) is 6.42 Å². The fourth-order valence-corrected chi connectivity index (χ4v) is 0.407. The number of hydrogen-bond acceptors (Lipinski definition) is 2. The molecule has 0 aromatic rings. The van der Waals surface area contributed by atoms with E-state index in [1.165, 1.54) is 6.08 Å². The quantitative estimate of drug-likeness (QED) is 0.328. The second-order valence-corrected chi connectivity index (χ2v) is 2.01. The van der Waals surface area contributed by atoms with Crippen molar-refractivity contribution in [3.63, 3.8) is 0 Å². The van der Waals surface area contributed by atoms with Crippen LogP contribution in [0.25, 0.3) is 0 Å². The van der Waals surface area contributed by atoms with Crippen molar-refractivity contribution in [3.05, 3.63) is 12.7 Å². The van der Waals surface area contributed by atoms with Gasteiger partial charge in [0, 0.05) is 0 Å². The summed E-state index contributed by atoms with van der Waals surface area (Å²) in [5, 5.41) is 16.0. The van der Waals surface area contributed by atoms with Crippen LogP contribution in [0.3, 0.4) is 0 Å². The molecule has 4 heteroatoms. The highest BCUT2D eigenvalue weighted by atomic mass is 35.5. The summed E-state index contributed by atoms with van der Waals surface area (Å²) in [6.07, 6.45) is 1.95. The van der Waals surface area contributed by atoms with Crippen LogP contribution < -0.4 is 0 Å². The second kappa shape index (κ2) is 3.95. The van der Waals surface area contributed by atoms with E-state index in [1.54, 1.807) is 0 Å². The van der Waals surface area contributed by atoms with Gasteiger partial charge in [-0.1, -0.05) is 6.08 Å². The largest absolute Gasteiger partial charge is 0.470 e. The molecule has 0 aliphatic carbocycles. The zero-order valence-corrected chi connectivity index (χ0v) is 5.17. The molecule has 1 atom stereocenters. The summed E-state index contributed by atoms with van der Waals surface area (Å²) >= 11 is 5.34. The van der Waals surface area contributed by atoms with Crippen molar-refractivity contribution in [3.8, 4) is 0 Å². The predicted octanol–water partition coefficient (Wildman–Crippen LogP) is 0.182. The summed E-state index contributed by atoms with van der Waals surface area (Å²) in [6.45, 7) is 3.38. The first-order valence-electron chi connectivity index (χ1n) is 2.29. The van der Waals surface area contributed by atoms with Crippen molar-refractivity contribution >= 4 is 18.7 Å². The molecular weight excluding hydrogens is 126 g/mol. The van der Waals surface area contributed by atoms with E-state index < -0.39 is 12.4 Å². The van der Waals surface area contributed by atoms with E-state index in [-0.39, 0.29) is 0 Å². The summed E-state index contributed by atoms with van der Waals surface area (Å²) in [6, 6.07) is 0. The third-order valence-corrected chi connectivity index (χ3v) is 1.12. The van der Waals surface area contributed by atoms with Crippen LogP contribution in [0.15, 0.2) is 12.7 Å². The first-order chi connectivity index (χ1) is 3.68. The highest BCUT2D eigenvalue weighted by Crippen LogP contribution is 2.02. The number of rotatable bonds is 3. The van der Waals surface area contributed by atoms with E-state index in [2.05, 4.69) is 6.58 Å². The minimum absolute atomic E-state index is 0.416. The zero-order chi connectivity index (χ0) is 6.57. The molecule has 0 heterocycles. The fourth-order valence-electron chi connectivity index (χ4n) is 0.281. The molecule has 0 rings (SSSR count). The lowest BCUT2D eigenvalue weighted by Gasteiger charge is -2.01. The van der Waals surface area contributed by atoms with Gasteiger partial charge in [0.15, 0.2) is 0 Å². The minimum atomic E-state index is -1.44. The van der Waals surface area contributed by atoms with E-state index >= 15 is 0 Å². The van der Waals surface area contributed by atoms with Crippen molar-refractivity contribution in [2.24, 2.45) is 0 Å². The van der Waals surface area contributed by atoms with E-state index in [9.17, 15) is 0 Å². The highest BCUT2D eigenvalue weighted by Gasteiger charge is 2.17. The molecule has 2 N–H and O–H groups in total. The molecule has 0 aliphatic heterocycles. The van der Waals surface area contributed by atoms with Gasteiger partial charge in [0.25, 0.3) is 0 Å². The summed E-state index contributed by atoms with van der Waals surface area (Å²) in [7, 11) is -1.44. The first-order valence-corrected chi connectivity index (χ1v) is 2.73. The molecule has 0 fully saturated rings. The van der Waals surface area contributed by atoms with Crippen LogP contribution in [-0.4, -0.2) is 22.4 Å². The van der Waals surface area contributed by atoms with E-state index in [0.29, 0.717) is 6.42 Å². The lowest BCUT2D eigenvalue weighted by atomic mass is 9.84. The van der Waals surface area contributed by atoms with Gasteiger partial charge in [-0.3, -0.25) is 0 Å². The maximum absolute atomic E-state index is 8.33.